The minimum atomic E-state index is 0.259. The summed E-state index contributed by atoms with van der Waals surface area (Å²) >= 11 is 1.62. The summed E-state index contributed by atoms with van der Waals surface area (Å²) in [5, 5.41) is 0. The molecule has 0 bridgehead atoms. The number of aromatic nitrogens is 1. The Morgan fingerprint density at radius 2 is 2.41 bits per heavy atom. The van der Waals surface area contributed by atoms with Gasteiger partial charge in [0.2, 0.25) is 0 Å². The maximum Gasteiger partial charge on any atom is 0.106 e. The fourth-order valence-corrected chi connectivity index (χ4v) is 2.95. The van der Waals surface area contributed by atoms with Gasteiger partial charge in [0.25, 0.3) is 0 Å². The van der Waals surface area contributed by atoms with Gasteiger partial charge in [-0.3, -0.25) is 0 Å². The van der Waals surface area contributed by atoms with Crippen LogP contribution in [0.2, 0.25) is 0 Å². The van der Waals surface area contributed by atoms with Crippen molar-refractivity contribution in [3.63, 3.8) is 0 Å². The Kier molecular flexibility index (Phi) is 2.64. The number of nitrogens with zero attached hydrogens (tertiary/aromatic N) is 2. The van der Waals surface area contributed by atoms with Crippen LogP contribution in [0.4, 0.5) is 11.4 Å². The van der Waals surface area contributed by atoms with Gasteiger partial charge in [-0.1, -0.05) is 0 Å². The molecule has 1 atom stereocenters. The molecule has 2 N–H and O–H groups in total. The van der Waals surface area contributed by atoms with Crippen molar-refractivity contribution < 1.29 is 4.74 Å². The summed E-state index contributed by atoms with van der Waals surface area (Å²) in [6.45, 7) is 4.63. The molecule has 2 heterocycles. The quantitative estimate of drug-likeness (QED) is 0.786. The van der Waals surface area contributed by atoms with Crippen LogP contribution in [0.1, 0.15) is 6.92 Å². The van der Waals surface area contributed by atoms with E-state index < -0.39 is 0 Å². The number of morpholine rings is 1. The number of anilines is 2. The second-order valence-electron chi connectivity index (χ2n) is 4.32. The molecule has 1 aliphatic heterocycles. The van der Waals surface area contributed by atoms with Gasteiger partial charge < -0.3 is 15.4 Å². The van der Waals surface area contributed by atoms with Crippen molar-refractivity contribution in [2.24, 2.45) is 0 Å². The first-order valence-corrected chi connectivity index (χ1v) is 6.62. The van der Waals surface area contributed by atoms with Crippen molar-refractivity contribution in [2.45, 2.75) is 13.0 Å². The predicted molar refractivity (Wildman–Crippen MR) is 71.7 cm³/mol. The van der Waals surface area contributed by atoms with Crippen LogP contribution in [-0.4, -0.2) is 30.8 Å². The minimum absolute atomic E-state index is 0.259. The molecule has 0 radical (unpaired) electrons. The van der Waals surface area contributed by atoms with E-state index in [1.807, 2.05) is 5.51 Å². The molecule has 1 unspecified atom stereocenters. The van der Waals surface area contributed by atoms with Crippen molar-refractivity contribution in [3.05, 3.63) is 17.6 Å². The first-order valence-electron chi connectivity index (χ1n) is 5.74. The van der Waals surface area contributed by atoms with E-state index in [2.05, 4.69) is 28.9 Å². The first-order chi connectivity index (χ1) is 8.25. The van der Waals surface area contributed by atoms with Gasteiger partial charge >= 0.3 is 0 Å². The van der Waals surface area contributed by atoms with Crippen LogP contribution in [-0.2, 0) is 4.74 Å². The minimum Gasteiger partial charge on any atom is -0.395 e. The molecule has 2 aromatic rings. The van der Waals surface area contributed by atoms with Crippen molar-refractivity contribution in [3.8, 4) is 0 Å². The lowest BCUT2D eigenvalue weighted by molar-refractivity contribution is 0.0533. The molecule has 17 heavy (non-hydrogen) atoms. The molecule has 1 aromatic carbocycles. The van der Waals surface area contributed by atoms with Crippen molar-refractivity contribution >= 4 is 32.9 Å². The Morgan fingerprint density at radius 1 is 1.53 bits per heavy atom. The van der Waals surface area contributed by atoms with E-state index in [1.165, 1.54) is 0 Å². The summed E-state index contributed by atoms with van der Waals surface area (Å²) in [5.41, 5.74) is 10.8. The fourth-order valence-electron chi connectivity index (χ4n) is 2.25. The number of thiazole rings is 1. The number of benzene rings is 1. The van der Waals surface area contributed by atoms with E-state index in [9.17, 15) is 0 Å². The zero-order valence-electron chi connectivity index (χ0n) is 9.72. The van der Waals surface area contributed by atoms with Gasteiger partial charge in [0.15, 0.2) is 0 Å². The number of hydrogen-bond donors (Lipinski definition) is 1. The van der Waals surface area contributed by atoms with Crippen LogP contribution in [0.5, 0.6) is 0 Å². The highest BCUT2D eigenvalue weighted by Crippen LogP contribution is 2.33. The number of ether oxygens (including phenoxy) is 1. The molecular weight excluding hydrogens is 234 g/mol. The largest absolute Gasteiger partial charge is 0.395 e. The molecule has 1 aliphatic rings. The highest BCUT2D eigenvalue weighted by atomic mass is 32.1. The highest BCUT2D eigenvalue weighted by molar-refractivity contribution is 7.16. The molecule has 3 rings (SSSR count). The van der Waals surface area contributed by atoms with Crippen LogP contribution >= 0.6 is 11.3 Å². The second-order valence-corrected chi connectivity index (χ2v) is 5.21. The monoisotopic (exact) mass is 249 g/mol. The van der Waals surface area contributed by atoms with Gasteiger partial charge in [0, 0.05) is 13.1 Å². The van der Waals surface area contributed by atoms with Crippen LogP contribution in [0.25, 0.3) is 10.2 Å². The van der Waals surface area contributed by atoms with Crippen molar-refractivity contribution in [1.29, 1.82) is 0 Å². The summed E-state index contributed by atoms with van der Waals surface area (Å²) in [6, 6.07) is 4.19. The molecule has 1 fully saturated rings. The SMILES string of the molecule is CC1CN(c2ccc3scnc3c2N)CCO1. The van der Waals surface area contributed by atoms with E-state index in [0.29, 0.717) is 0 Å². The number of nitrogens with two attached hydrogens (primary N) is 1. The molecule has 0 spiro atoms. The molecule has 1 aromatic heterocycles. The lowest BCUT2D eigenvalue weighted by Crippen LogP contribution is -2.41. The van der Waals surface area contributed by atoms with E-state index in [1.54, 1.807) is 11.3 Å². The maximum absolute atomic E-state index is 6.20. The summed E-state index contributed by atoms with van der Waals surface area (Å²) < 4.78 is 6.69. The first kappa shape index (κ1) is 10.8. The van der Waals surface area contributed by atoms with Gasteiger partial charge in [0.05, 0.1) is 34.3 Å². The number of hydrogen-bond acceptors (Lipinski definition) is 5. The highest BCUT2D eigenvalue weighted by Gasteiger charge is 2.19. The van der Waals surface area contributed by atoms with Crippen molar-refractivity contribution in [1.82, 2.24) is 4.98 Å². The standard InChI is InChI=1S/C12H15N3OS/c1-8-6-15(4-5-16-8)9-2-3-10-12(11(9)13)14-7-17-10/h2-3,7-8H,4-6,13H2,1H3. The fraction of sp³-hybridized carbons (Fsp3) is 0.417. The van der Waals surface area contributed by atoms with Gasteiger partial charge in [-0.15, -0.1) is 11.3 Å². The van der Waals surface area contributed by atoms with Crippen LogP contribution in [0, 0.1) is 0 Å². The Hall–Kier alpha value is -1.33. The third-order valence-electron chi connectivity index (χ3n) is 3.10. The zero-order valence-corrected chi connectivity index (χ0v) is 10.5. The average molecular weight is 249 g/mol. The molecule has 90 valence electrons. The van der Waals surface area contributed by atoms with Gasteiger partial charge in [-0.25, -0.2) is 4.98 Å². The zero-order chi connectivity index (χ0) is 11.8. The van der Waals surface area contributed by atoms with Gasteiger partial charge in [-0.2, -0.15) is 0 Å². The summed E-state index contributed by atoms with van der Waals surface area (Å²) in [5.74, 6) is 0. The number of nitrogen functional groups attached to an aromatic ring is 1. The van der Waals surface area contributed by atoms with E-state index in [0.717, 1.165) is 41.3 Å². The third-order valence-corrected chi connectivity index (χ3v) is 3.89. The Labute approximate surface area is 104 Å². The molecule has 4 nitrogen and oxygen atoms in total. The lowest BCUT2D eigenvalue weighted by atomic mass is 10.2. The maximum atomic E-state index is 6.20. The Morgan fingerprint density at radius 3 is 3.24 bits per heavy atom. The van der Waals surface area contributed by atoms with Crippen LogP contribution in [0.15, 0.2) is 17.6 Å². The molecule has 0 saturated carbocycles. The normalized spacial score (nSPS) is 21.0. The van der Waals surface area contributed by atoms with Crippen LogP contribution < -0.4 is 10.6 Å². The Balaban J connectivity index is 2.01. The summed E-state index contributed by atoms with van der Waals surface area (Å²) in [4.78, 5) is 6.61. The molecule has 0 amide bonds. The lowest BCUT2D eigenvalue weighted by Gasteiger charge is -2.33. The Bertz CT molecular complexity index is 540. The van der Waals surface area contributed by atoms with E-state index in [-0.39, 0.29) is 6.10 Å². The van der Waals surface area contributed by atoms with E-state index >= 15 is 0 Å². The summed E-state index contributed by atoms with van der Waals surface area (Å²) in [7, 11) is 0. The van der Waals surface area contributed by atoms with E-state index in [4.69, 9.17) is 10.5 Å². The average Bonchev–Trinajstić information content (AvgIpc) is 2.78. The smallest absolute Gasteiger partial charge is 0.106 e. The molecule has 0 aliphatic carbocycles. The number of rotatable bonds is 1. The van der Waals surface area contributed by atoms with Crippen molar-refractivity contribution in [2.75, 3.05) is 30.3 Å². The van der Waals surface area contributed by atoms with Gasteiger partial charge in [-0.05, 0) is 19.1 Å². The molecular formula is C12H15N3OS. The third kappa shape index (κ3) is 1.85. The van der Waals surface area contributed by atoms with Crippen LogP contribution in [0.3, 0.4) is 0 Å². The predicted octanol–water partition coefficient (Wildman–Crippen LogP) is 2.10. The summed E-state index contributed by atoms with van der Waals surface area (Å²) in [6.07, 6.45) is 0.259. The molecule has 5 heteroatoms. The number of fused-ring (bicyclic) bond motifs is 1. The molecule has 1 saturated heterocycles. The second kappa shape index (κ2) is 4.16. The van der Waals surface area contributed by atoms with Gasteiger partial charge in [0.1, 0.15) is 5.52 Å². The topological polar surface area (TPSA) is 51.4 Å².